The van der Waals surface area contributed by atoms with Crippen molar-refractivity contribution in [3.8, 4) is 0 Å². The Hall–Kier alpha value is -3.17. The smallest absolute Gasteiger partial charge is 0.326 e. The average molecular weight is 540 g/mol. The van der Waals surface area contributed by atoms with Gasteiger partial charge in [0, 0.05) is 38.4 Å². The molecule has 0 spiro atoms. The maximum absolute atomic E-state index is 12.5. The van der Waals surface area contributed by atoms with Gasteiger partial charge in [-0.2, -0.15) is 0 Å². The number of unbranched alkanes of at least 4 members (excludes halogenated alkanes) is 1. The van der Waals surface area contributed by atoms with Gasteiger partial charge in [-0.15, -0.1) is 0 Å². The van der Waals surface area contributed by atoms with Gasteiger partial charge in [0.1, 0.15) is 11.9 Å². The highest BCUT2D eigenvalue weighted by atomic mass is 16.5. The van der Waals surface area contributed by atoms with E-state index in [4.69, 9.17) is 9.72 Å². The minimum absolute atomic E-state index is 0.332. The first-order chi connectivity index (χ1) is 19.0. The van der Waals surface area contributed by atoms with Gasteiger partial charge in [-0.25, -0.2) is 14.6 Å². The van der Waals surface area contributed by atoms with Crippen LogP contribution in [0.1, 0.15) is 56.4 Å². The number of carboxylic acid groups (broad SMARTS) is 1. The lowest BCUT2D eigenvalue weighted by Gasteiger charge is -2.26. The number of rotatable bonds is 17. The summed E-state index contributed by atoms with van der Waals surface area (Å²) < 4.78 is 5.91. The lowest BCUT2D eigenvalue weighted by atomic mass is 10.1. The summed E-state index contributed by atoms with van der Waals surface area (Å²) in [5.74, 6) is 0.0188. The number of amides is 2. The molecular formula is C30H45N5O4. The monoisotopic (exact) mass is 539 g/mol. The number of pyridine rings is 1. The number of hydrogen-bond acceptors (Lipinski definition) is 6. The molecule has 3 N–H and O–H groups in total. The van der Waals surface area contributed by atoms with Crippen LogP contribution in [0.3, 0.4) is 0 Å². The molecule has 39 heavy (non-hydrogen) atoms. The molecule has 0 bridgehead atoms. The summed E-state index contributed by atoms with van der Waals surface area (Å²) in [4.78, 5) is 33.0. The average Bonchev–Trinajstić information content (AvgIpc) is 2.95. The van der Waals surface area contributed by atoms with Crippen molar-refractivity contribution >= 4 is 17.8 Å². The standard InChI is InChI=1S/C30H45N5O4/c1-3-35(4-2)30(38)33-27(29(36)37)17-20-34(21-22-39-23-24-11-6-5-7-12-24)19-9-8-14-26-16-15-25-13-10-18-31-28(25)32-26/h5-7,11-12,15-16,27H,3-4,8-10,13-14,17-23H2,1-2H3,(H,31,32)(H,33,38)(H,36,37)/t27-/m0/s1. The zero-order valence-corrected chi connectivity index (χ0v) is 23.5. The highest BCUT2D eigenvalue weighted by Gasteiger charge is 2.23. The van der Waals surface area contributed by atoms with E-state index in [9.17, 15) is 14.7 Å². The molecule has 3 rings (SSSR count). The van der Waals surface area contributed by atoms with E-state index >= 15 is 0 Å². The zero-order valence-electron chi connectivity index (χ0n) is 23.5. The van der Waals surface area contributed by atoms with Crippen LogP contribution >= 0.6 is 0 Å². The predicted molar refractivity (Wildman–Crippen MR) is 154 cm³/mol. The van der Waals surface area contributed by atoms with Crippen LogP contribution < -0.4 is 10.6 Å². The third-order valence-corrected chi connectivity index (χ3v) is 7.15. The summed E-state index contributed by atoms with van der Waals surface area (Å²) >= 11 is 0. The molecular weight excluding hydrogens is 494 g/mol. The van der Waals surface area contributed by atoms with E-state index in [2.05, 4.69) is 27.7 Å². The van der Waals surface area contributed by atoms with E-state index in [1.54, 1.807) is 4.90 Å². The van der Waals surface area contributed by atoms with E-state index in [-0.39, 0.29) is 6.03 Å². The summed E-state index contributed by atoms with van der Waals surface area (Å²) in [5, 5.41) is 15.8. The van der Waals surface area contributed by atoms with Gasteiger partial charge in [0.15, 0.2) is 0 Å². The van der Waals surface area contributed by atoms with Crippen LogP contribution in [0.4, 0.5) is 10.6 Å². The maximum Gasteiger partial charge on any atom is 0.326 e. The van der Waals surface area contributed by atoms with Gasteiger partial charge < -0.3 is 30.3 Å². The third kappa shape index (κ3) is 10.5. The molecule has 1 aromatic carbocycles. The number of hydrogen-bond donors (Lipinski definition) is 3. The Morgan fingerprint density at radius 3 is 2.62 bits per heavy atom. The van der Waals surface area contributed by atoms with Gasteiger partial charge in [-0.3, -0.25) is 0 Å². The molecule has 1 aliphatic heterocycles. The molecule has 1 aliphatic rings. The van der Waals surface area contributed by atoms with E-state index in [0.717, 1.165) is 62.3 Å². The summed E-state index contributed by atoms with van der Waals surface area (Å²) in [7, 11) is 0. The number of carbonyl (C=O) groups excluding carboxylic acids is 1. The van der Waals surface area contributed by atoms with Gasteiger partial charge in [-0.1, -0.05) is 36.4 Å². The number of carboxylic acids is 1. The second-order valence-corrected chi connectivity index (χ2v) is 9.98. The molecule has 0 fully saturated rings. The number of carbonyl (C=O) groups is 2. The van der Waals surface area contributed by atoms with Crippen LogP contribution in [0.5, 0.6) is 0 Å². The maximum atomic E-state index is 12.5. The van der Waals surface area contributed by atoms with Gasteiger partial charge in [0.2, 0.25) is 0 Å². The Morgan fingerprint density at radius 1 is 1.08 bits per heavy atom. The van der Waals surface area contributed by atoms with Crippen molar-refractivity contribution in [2.45, 2.75) is 65.0 Å². The Kier molecular flexibility index (Phi) is 13.0. The molecule has 2 heterocycles. The fourth-order valence-corrected chi connectivity index (χ4v) is 4.76. The number of nitrogens with one attached hydrogen (secondary N) is 2. The number of nitrogens with zero attached hydrogens (tertiary/aromatic N) is 3. The fourth-order valence-electron chi connectivity index (χ4n) is 4.76. The predicted octanol–water partition coefficient (Wildman–Crippen LogP) is 4.18. The second-order valence-electron chi connectivity index (χ2n) is 9.98. The first kappa shape index (κ1) is 30.4. The number of benzene rings is 1. The second kappa shape index (κ2) is 16.7. The van der Waals surface area contributed by atoms with Gasteiger partial charge in [0.25, 0.3) is 0 Å². The van der Waals surface area contributed by atoms with Crippen molar-refractivity contribution in [3.05, 3.63) is 59.3 Å². The Morgan fingerprint density at radius 2 is 1.87 bits per heavy atom. The van der Waals surface area contributed by atoms with E-state index in [0.29, 0.717) is 45.8 Å². The van der Waals surface area contributed by atoms with Crippen molar-refractivity contribution < 1.29 is 19.4 Å². The van der Waals surface area contributed by atoms with Crippen LogP contribution in [0, 0.1) is 0 Å². The molecule has 1 atom stereocenters. The van der Waals surface area contributed by atoms with Crippen LogP contribution in [0.15, 0.2) is 42.5 Å². The molecule has 1 aromatic heterocycles. The number of aromatic nitrogens is 1. The van der Waals surface area contributed by atoms with Crippen LogP contribution in [0.2, 0.25) is 0 Å². The third-order valence-electron chi connectivity index (χ3n) is 7.15. The molecule has 0 aliphatic carbocycles. The Labute approximate surface area is 232 Å². The van der Waals surface area contributed by atoms with E-state index in [1.807, 2.05) is 44.2 Å². The topological polar surface area (TPSA) is 107 Å². The molecule has 0 saturated carbocycles. The normalized spacial score (nSPS) is 13.4. The largest absolute Gasteiger partial charge is 0.480 e. The zero-order chi connectivity index (χ0) is 27.9. The molecule has 2 amide bonds. The fraction of sp³-hybridized carbons (Fsp3) is 0.567. The first-order valence-corrected chi connectivity index (χ1v) is 14.3. The minimum atomic E-state index is -1.01. The minimum Gasteiger partial charge on any atom is -0.480 e. The molecule has 0 saturated heterocycles. The van der Waals surface area contributed by atoms with Crippen LogP contribution in [0.25, 0.3) is 0 Å². The SMILES string of the molecule is CCN(CC)C(=O)N[C@@H](CCN(CCCCc1ccc2c(n1)NCCC2)CCOCc1ccccc1)C(=O)O. The molecule has 0 unspecified atom stereocenters. The number of aliphatic carboxylic acids is 1. The van der Waals surface area contributed by atoms with Crippen molar-refractivity contribution in [2.24, 2.45) is 0 Å². The van der Waals surface area contributed by atoms with Gasteiger partial charge >= 0.3 is 12.0 Å². The molecule has 9 nitrogen and oxygen atoms in total. The molecule has 9 heteroatoms. The van der Waals surface area contributed by atoms with Crippen molar-refractivity contribution in [1.29, 1.82) is 0 Å². The lowest BCUT2D eigenvalue weighted by molar-refractivity contribution is -0.139. The lowest BCUT2D eigenvalue weighted by Crippen LogP contribution is -2.49. The van der Waals surface area contributed by atoms with Gasteiger partial charge in [-0.05, 0) is 76.1 Å². The first-order valence-electron chi connectivity index (χ1n) is 14.3. The number of urea groups is 1. The number of fused-ring (bicyclic) bond motifs is 1. The summed E-state index contributed by atoms with van der Waals surface area (Å²) in [5.41, 5.74) is 3.53. The van der Waals surface area contributed by atoms with Gasteiger partial charge in [0.05, 0.1) is 13.2 Å². The summed E-state index contributed by atoms with van der Waals surface area (Å²) in [6.45, 7) is 9.00. The van der Waals surface area contributed by atoms with E-state index in [1.165, 1.54) is 5.56 Å². The highest BCUT2D eigenvalue weighted by Crippen LogP contribution is 2.20. The highest BCUT2D eigenvalue weighted by molar-refractivity contribution is 5.82. The number of aryl methyl sites for hydroxylation is 2. The summed E-state index contributed by atoms with van der Waals surface area (Å²) in [6.07, 6.45) is 5.44. The van der Waals surface area contributed by atoms with E-state index < -0.39 is 12.0 Å². The Balaban J connectivity index is 1.50. The molecule has 0 radical (unpaired) electrons. The van der Waals surface area contributed by atoms with Crippen molar-refractivity contribution in [2.75, 3.05) is 51.2 Å². The van der Waals surface area contributed by atoms with Crippen LogP contribution in [-0.4, -0.2) is 83.8 Å². The van der Waals surface area contributed by atoms with Crippen molar-refractivity contribution in [1.82, 2.24) is 20.1 Å². The molecule has 2 aromatic rings. The Bertz CT molecular complexity index is 1020. The number of anilines is 1. The number of ether oxygens (including phenoxy) is 1. The van der Waals surface area contributed by atoms with Crippen LogP contribution in [-0.2, 0) is 29.0 Å². The summed E-state index contributed by atoms with van der Waals surface area (Å²) in [6, 6.07) is 13.1. The molecule has 214 valence electrons. The van der Waals surface area contributed by atoms with Crippen molar-refractivity contribution in [3.63, 3.8) is 0 Å². The quantitative estimate of drug-likeness (QED) is 0.259.